The summed E-state index contributed by atoms with van der Waals surface area (Å²) >= 11 is 5.93. The summed E-state index contributed by atoms with van der Waals surface area (Å²) in [7, 11) is 0. The van der Waals surface area contributed by atoms with E-state index in [0.717, 1.165) is 36.5 Å². The third-order valence-electron chi connectivity index (χ3n) is 5.02. The Balaban J connectivity index is 1.41. The molecule has 2 aromatic carbocycles. The summed E-state index contributed by atoms with van der Waals surface area (Å²) in [5.41, 5.74) is 2.32. The van der Waals surface area contributed by atoms with Crippen LogP contribution < -0.4 is 10.2 Å². The number of nitrogens with one attached hydrogen (secondary N) is 1. The predicted octanol–water partition coefficient (Wildman–Crippen LogP) is 4.79. The van der Waals surface area contributed by atoms with E-state index in [0.29, 0.717) is 17.3 Å². The molecule has 1 atom stereocenters. The second-order valence-electron chi connectivity index (χ2n) is 7.06. The number of aromatic nitrogens is 2. The van der Waals surface area contributed by atoms with Crippen LogP contribution in [0.4, 0.5) is 15.9 Å². The van der Waals surface area contributed by atoms with Crippen LogP contribution in [0.3, 0.4) is 0 Å². The van der Waals surface area contributed by atoms with E-state index >= 15 is 0 Å². The molecule has 2 heterocycles. The fourth-order valence-electron chi connectivity index (χ4n) is 3.45. The molecular formula is C22H20ClFN4O. The molecule has 148 valence electrons. The standard InChI is InChI=1S/C22H20ClFN4O/c23-17-5-3-15(4-6-17)20-11-12-21(27-26-20)28-13-1-2-16(14-28)22(29)25-19-9-7-18(24)8-10-19/h3-12,16H,1-2,13-14H2,(H,25,29). The fourth-order valence-corrected chi connectivity index (χ4v) is 3.57. The van der Waals surface area contributed by atoms with Gasteiger partial charge in [0.05, 0.1) is 11.6 Å². The molecular weight excluding hydrogens is 391 g/mol. The van der Waals surface area contributed by atoms with Gasteiger partial charge >= 0.3 is 0 Å². The first kappa shape index (κ1) is 19.3. The minimum atomic E-state index is -0.326. The molecule has 0 spiro atoms. The third kappa shape index (κ3) is 4.71. The van der Waals surface area contributed by atoms with Gasteiger partial charge in [-0.25, -0.2) is 4.39 Å². The zero-order valence-corrected chi connectivity index (χ0v) is 16.4. The van der Waals surface area contributed by atoms with Gasteiger partial charge in [0, 0.05) is 29.4 Å². The van der Waals surface area contributed by atoms with Crippen molar-refractivity contribution >= 4 is 29.0 Å². The molecule has 5 nitrogen and oxygen atoms in total. The Hall–Kier alpha value is -2.99. The van der Waals surface area contributed by atoms with Gasteiger partial charge < -0.3 is 10.2 Å². The molecule has 1 aliphatic heterocycles. The van der Waals surface area contributed by atoms with E-state index in [1.54, 1.807) is 12.1 Å². The molecule has 0 saturated carbocycles. The van der Waals surface area contributed by atoms with E-state index in [1.165, 1.54) is 12.1 Å². The number of nitrogens with zero attached hydrogens (tertiary/aromatic N) is 3. The van der Waals surface area contributed by atoms with Gasteiger partial charge in [0.25, 0.3) is 0 Å². The van der Waals surface area contributed by atoms with Crippen LogP contribution in [0, 0.1) is 11.7 Å². The van der Waals surface area contributed by atoms with E-state index < -0.39 is 0 Å². The van der Waals surface area contributed by atoms with Crippen molar-refractivity contribution in [3.8, 4) is 11.3 Å². The van der Waals surface area contributed by atoms with Gasteiger partial charge in [-0.2, -0.15) is 0 Å². The first-order chi connectivity index (χ1) is 14.1. The highest BCUT2D eigenvalue weighted by atomic mass is 35.5. The number of hydrogen-bond donors (Lipinski definition) is 1. The van der Waals surface area contributed by atoms with Gasteiger partial charge in [-0.05, 0) is 61.4 Å². The second-order valence-corrected chi connectivity index (χ2v) is 7.50. The topological polar surface area (TPSA) is 58.1 Å². The van der Waals surface area contributed by atoms with Crippen molar-refractivity contribution in [2.45, 2.75) is 12.8 Å². The number of benzene rings is 2. The zero-order valence-electron chi connectivity index (χ0n) is 15.7. The largest absolute Gasteiger partial charge is 0.354 e. The summed E-state index contributed by atoms with van der Waals surface area (Å²) in [6.07, 6.45) is 1.70. The molecule has 1 aromatic heterocycles. The number of piperidine rings is 1. The SMILES string of the molecule is O=C(Nc1ccc(F)cc1)C1CCCN(c2ccc(-c3ccc(Cl)cc3)nn2)C1. The van der Waals surface area contributed by atoms with Crippen LogP contribution >= 0.6 is 11.6 Å². The number of carbonyl (C=O) groups excluding carboxylic acids is 1. The van der Waals surface area contributed by atoms with Gasteiger partial charge in [0.1, 0.15) is 5.82 Å². The van der Waals surface area contributed by atoms with E-state index in [1.807, 2.05) is 36.4 Å². The minimum absolute atomic E-state index is 0.0629. The van der Waals surface area contributed by atoms with Gasteiger partial charge in [0.2, 0.25) is 5.91 Å². The Morgan fingerprint density at radius 3 is 2.48 bits per heavy atom. The lowest BCUT2D eigenvalue weighted by Gasteiger charge is -2.32. The molecule has 7 heteroatoms. The Labute approximate surface area is 173 Å². The summed E-state index contributed by atoms with van der Waals surface area (Å²) < 4.78 is 13.0. The van der Waals surface area contributed by atoms with Crippen LogP contribution in [0.15, 0.2) is 60.7 Å². The summed E-state index contributed by atoms with van der Waals surface area (Å²) in [6.45, 7) is 1.40. The molecule has 29 heavy (non-hydrogen) atoms. The number of anilines is 2. The average molecular weight is 411 g/mol. The Kier molecular flexibility index (Phi) is 5.71. The van der Waals surface area contributed by atoms with Crippen molar-refractivity contribution < 1.29 is 9.18 Å². The van der Waals surface area contributed by atoms with E-state index in [-0.39, 0.29) is 17.6 Å². The molecule has 1 aliphatic rings. The van der Waals surface area contributed by atoms with Crippen LogP contribution in [0.1, 0.15) is 12.8 Å². The summed E-state index contributed by atoms with van der Waals surface area (Å²) in [5, 5.41) is 12.2. The normalized spacial score (nSPS) is 16.5. The van der Waals surface area contributed by atoms with Gasteiger partial charge in [-0.1, -0.05) is 23.7 Å². The number of rotatable bonds is 4. The fraction of sp³-hybridized carbons (Fsp3) is 0.227. The Morgan fingerprint density at radius 2 is 1.79 bits per heavy atom. The highest BCUT2D eigenvalue weighted by Crippen LogP contribution is 2.25. The van der Waals surface area contributed by atoms with Gasteiger partial charge in [0.15, 0.2) is 5.82 Å². The summed E-state index contributed by atoms with van der Waals surface area (Å²) in [6, 6.07) is 17.1. The van der Waals surface area contributed by atoms with Gasteiger partial charge in [-0.15, -0.1) is 10.2 Å². The second kappa shape index (κ2) is 8.57. The predicted molar refractivity (Wildman–Crippen MR) is 112 cm³/mol. The molecule has 1 N–H and O–H groups in total. The van der Waals surface area contributed by atoms with E-state index in [9.17, 15) is 9.18 Å². The van der Waals surface area contributed by atoms with Gasteiger partial charge in [-0.3, -0.25) is 4.79 Å². The molecule has 0 bridgehead atoms. The first-order valence-electron chi connectivity index (χ1n) is 9.49. The lowest BCUT2D eigenvalue weighted by atomic mass is 9.97. The monoisotopic (exact) mass is 410 g/mol. The van der Waals surface area contributed by atoms with E-state index in [4.69, 9.17) is 11.6 Å². The third-order valence-corrected chi connectivity index (χ3v) is 5.27. The van der Waals surface area contributed by atoms with Crippen molar-refractivity contribution in [3.05, 3.63) is 71.5 Å². The maximum absolute atomic E-state index is 13.0. The number of carbonyl (C=O) groups is 1. The van der Waals surface area contributed by atoms with Crippen molar-refractivity contribution in [1.82, 2.24) is 10.2 Å². The van der Waals surface area contributed by atoms with Crippen LogP contribution in [0.25, 0.3) is 11.3 Å². The quantitative estimate of drug-likeness (QED) is 0.671. The minimum Gasteiger partial charge on any atom is -0.354 e. The zero-order chi connectivity index (χ0) is 20.2. The van der Waals surface area contributed by atoms with Crippen molar-refractivity contribution in [1.29, 1.82) is 0 Å². The van der Waals surface area contributed by atoms with Crippen LogP contribution in [-0.2, 0) is 4.79 Å². The average Bonchev–Trinajstić information content (AvgIpc) is 2.76. The maximum Gasteiger partial charge on any atom is 0.229 e. The number of hydrogen-bond acceptors (Lipinski definition) is 4. The molecule has 1 unspecified atom stereocenters. The molecule has 0 aliphatic carbocycles. The molecule has 1 amide bonds. The molecule has 3 aromatic rings. The Morgan fingerprint density at radius 1 is 1.03 bits per heavy atom. The Bertz CT molecular complexity index is 977. The summed E-state index contributed by atoms with van der Waals surface area (Å²) in [5.74, 6) is 0.202. The molecule has 4 rings (SSSR count). The van der Waals surface area contributed by atoms with E-state index in [2.05, 4.69) is 20.4 Å². The van der Waals surface area contributed by atoms with Crippen molar-refractivity contribution in [2.24, 2.45) is 5.92 Å². The smallest absolute Gasteiger partial charge is 0.229 e. The number of amides is 1. The molecule has 1 fully saturated rings. The van der Waals surface area contributed by atoms with Crippen LogP contribution in [0.2, 0.25) is 5.02 Å². The maximum atomic E-state index is 13.0. The lowest BCUT2D eigenvalue weighted by molar-refractivity contribution is -0.120. The molecule has 1 saturated heterocycles. The van der Waals surface area contributed by atoms with Crippen molar-refractivity contribution in [3.63, 3.8) is 0 Å². The van der Waals surface area contributed by atoms with Crippen molar-refractivity contribution in [2.75, 3.05) is 23.3 Å². The lowest BCUT2D eigenvalue weighted by Crippen LogP contribution is -2.41. The first-order valence-corrected chi connectivity index (χ1v) is 9.87. The van der Waals surface area contributed by atoms with Crippen LogP contribution in [0.5, 0.6) is 0 Å². The highest BCUT2D eigenvalue weighted by Gasteiger charge is 2.26. The highest BCUT2D eigenvalue weighted by molar-refractivity contribution is 6.30. The number of halogens is 2. The van der Waals surface area contributed by atoms with Crippen LogP contribution in [-0.4, -0.2) is 29.2 Å². The molecule has 0 radical (unpaired) electrons. The summed E-state index contributed by atoms with van der Waals surface area (Å²) in [4.78, 5) is 14.7.